The third-order valence-corrected chi connectivity index (χ3v) is 5.22. The number of hydrogen-bond donors (Lipinski definition) is 0. The van der Waals surface area contributed by atoms with Crippen molar-refractivity contribution in [1.29, 1.82) is 0 Å². The zero-order valence-corrected chi connectivity index (χ0v) is 9.71. The maximum absolute atomic E-state index is 10.8. The standard InChI is InChI=1S/C8H16O4Si/c1-6(2)13(5,11-7(3)9)12-8(4)10/h6H,1-5H3. The fraction of sp³-hybridized carbons (Fsp3) is 0.750. The van der Waals surface area contributed by atoms with Crippen molar-refractivity contribution in [2.45, 2.75) is 39.8 Å². The van der Waals surface area contributed by atoms with Gasteiger partial charge in [-0.3, -0.25) is 9.59 Å². The Hall–Kier alpha value is -0.843. The average molecular weight is 204 g/mol. The highest BCUT2D eigenvalue weighted by Gasteiger charge is 2.41. The molecule has 0 N–H and O–H groups in total. The van der Waals surface area contributed by atoms with Crippen molar-refractivity contribution in [2.75, 3.05) is 0 Å². The Kier molecular flexibility index (Phi) is 4.12. The van der Waals surface area contributed by atoms with Crippen LogP contribution in [0.4, 0.5) is 0 Å². The van der Waals surface area contributed by atoms with Crippen molar-refractivity contribution in [3.63, 3.8) is 0 Å². The van der Waals surface area contributed by atoms with Crippen LogP contribution in [0.3, 0.4) is 0 Å². The summed E-state index contributed by atoms with van der Waals surface area (Å²) in [6.07, 6.45) is 0. The SMILES string of the molecule is CC(=O)O[Si](C)(OC(C)=O)C(C)C. The highest BCUT2D eigenvalue weighted by molar-refractivity contribution is 6.70. The van der Waals surface area contributed by atoms with E-state index in [9.17, 15) is 9.59 Å². The third kappa shape index (κ3) is 4.07. The molecular weight excluding hydrogens is 188 g/mol. The van der Waals surface area contributed by atoms with Gasteiger partial charge in [0.1, 0.15) is 0 Å². The Morgan fingerprint density at radius 2 is 1.38 bits per heavy atom. The molecule has 0 bridgehead atoms. The van der Waals surface area contributed by atoms with Crippen LogP contribution in [0.15, 0.2) is 0 Å². The van der Waals surface area contributed by atoms with Crippen LogP contribution in [0.2, 0.25) is 12.1 Å². The van der Waals surface area contributed by atoms with E-state index in [1.165, 1.54) is 13.8 Å². The van der Waals surface area contributed by atoms with E-state index in [2.05, 4.69) is 0 Å². The minimum atomic E-state index is -2.65. The van der Waals surface area contributed by atoms with Gasteiger partial charge in [-0.05, 0) is 0 Å². The summed E-state index contributed by atoms with van der Waals surface area (Å²) < 4.78 is 10.1. The zero-order chi connectivity index (χ0) is 10.6. The molecule has 0 aliphatic carbocycles. The van der Waals surface area contributed by atoms with Gasteiger partial charge in [0.2, 0.25) is 0 Å². The lowest BCUT2D eigenvalue weighted by Gasteiger charge is -2.28. The molecule has 0 aliphatic rings. The second kappa shape index (κ2) is 4.41. The smallest absolute Gasteiger partial charge is 0.463 e. The summed E-state index contributed by atoms with van der Waals surface area (Å²) >= 11 is 0. The second-order valence-electron chi connectivity index (χ2n) is 3.36. The fourth-order valence-electron chi connectivity index (χ4n) is 0.827. The van der Waals surface area contributed by atoms with Crippen molar-refractivity contribution in [3.05, 3.63) is 0 Å². The normalized spacial score (nSPS) is 11.2. The molecule has 0 rings (SSSR count). The van der Waals surface area contributed by atoms with Gasteiger partial charge >= 0.3 is 8.56 Å². The summed E-state index contributed by atoms with van der Waals surface area (Å²) in [7, 11) is -2.65. The van der Waals surface area contributed by atoms with Gasteiger partial charge in [0.05, 0.1) is 0 Å². The molecule has 0 radical (unpaired) electrons. The average Bonchev–Trinajstić information content (AvgIpc) is 1.82. The van der Waals surface area contributed by atoms with Crippen molar-refractivity contribution >= 4 is 20.5 Å². The Balaban J connectivity index is 4.52. The van der Waals surface area contributed by atoms with Crippen LogP contribution in [0.1, 0.15) is 27.7 Å². The maximum Gasteiger partial charge on any atom is 0.463 e. The number of hydrogen-bond acceptors (Lipinski definition) is 4. The fourth-order valence-corrected chi connectivity index (χ4v) is 2.48. The summed E-state index contributed by atoms with van der Waals surface area (Å²) in [6.45, 7) is 8.09. The summed E-state index contributed by atoms with van der Waals surface area (Å²) in [5.41, 5.74) is 0.0558. The number of rotatable bonds is 3. The molecule has 0 aliphatic heterocycles. The Morgan fingerprint density at radius 3 is 1.54 bits per heavy atom. The van der Waals surface area contributed by atoms with Gasteiger partial charge in [0.15, 0.2) is 0 Å². The lowest BCUT2D eigenvalue weighted by Crippen LogP contribution is -2.44. The highest BCUT2D eigenvalue weighted by atomic mass is 28.4. The van der Waals surface area contributed by atoms with Crippen LogP contribution in [0.5, 0.6) is 0 Å². The van der Waals surface area contributed by atoms with E-state index in [-0.39, 0.29) is 5.54 Å². The molecule has 0 atom stereocenters. The Labute approximate surface area is 79.5 Å². The van der Waals surface area contributed by atoms with E-state index in [1.54, 1.807) is 6.55 Å². The predicted molar refractivity (Wildman–Crippen MR) is 50.2 cm³/mol. The molecule has 0 aromatic heterocycles. The quantitative estimate of drug-likeness (QED) is 0.655. The van der Waals surface area contributed by atoms with Gasteiger partial charge in [0.25, 0.3) is 11.9 Å². The summed E-state index contributed by atoms with van der Waals surface area (Å²) in [4.78, 5) is 21.5. The monoisotopic (exact) mass is 204 g/mol. The molecule has 0 spiro atoms. The van der Waals surface area contributed by atoms with E-state index in [0.29, 0.717) is 0 Å². The molecule has 76 valence electrons. The van der Waals surface area contributed by atoms with Gasteiger partial charge in [-0.25, -0.2) is 0 Å². The van der Waals surface area contributed by atoms with E-state index < -0.39 is 20.5 Å². The van der Waals surface area contributed by atoms with Crippen LogP contribution in [-0.4, -0.2) is 20.5 Å². The summed E-state index contributed by atoms with van der Waals surface area (Å²) in [6, 6.07) is 0. The molecule has 5 heteroatoms. The lowest BCUT2D eigenvalue weighted by molar-refractivity contribution is -0.139. The molecule has 4 nitrogen and oxygen atoms in total. The van der Waals surface area contributed by atoms with E-state index in [0.717, 1.165) is 0 Å². The van der Waals surface area contributed by atoms with Gasteiger partial charge < -0.3 is 8.85 Å². The van der Waals surface area contributed by atoms with Crippen LogP contribution in [0.25, 0.3) is 0 Å². The molecule has 0 aromatic carbocycles. The molecule has 0 unspecified atom stereocenters. The number of carbonyl (C=O) groups is 2. The summed E-state index contributed by atoms with van der Waals surface area (Å²) in [5, 5.41) is 0. The predicted octanol–water partition coefficient (Wildman–Crippen LogP) is 1.59. The first-order valence-electron chi connectivity index (χ1n) is 4.17. The first-order valence-corrected chi connectivity index (χ1v) is 6.56. The van der Waals surface area contributed by atoms with Crippen molar-refractivity contribution < 1.29 is 18.4 Å². The highest BCUT2D eigenvalue weighted by Crippen LogP contribution is 2.23. The molecule has 0 aromatic rings. The molecule has 0 saturated carbocycles. The zero-order valence-electron chi connectivity index (χ0n) is 8.71. The molecule has 13 heavy (non-hydrogen) atoms. The van der Waals surface area contributed by atoms with Crippen LogP contribution in [0, 0.1) is 0 Å². The largest absolute Gasteiger partial charge is 0.485 e. The Bertz CT molecular complexity index is 196. The lowest BCUT2D eigenvalue weighted by atomic mass is 10.6. The van der Waals surface area contributed by atoms with Gasteiger partial charge in [-0.15, -0.1) is 0 Å². The minimum absolute atomic E-state index is 0.0558. The van der Waals surface area contributed by atoms with Gasteiger partial charge in [-0.2, -0.15) is 0 Å². The minimum Gasteiger partial charge on any atom is -0.485 e. The third-order valence-electron chi connectivity index (χ3n) is 1.74. The van der Waals surface area contributed by atoms with Crippen molar-refractivity contribution in [3.8, 4) is 0 Å². The van der Waals surface area contributed by atoms with E-state index in [1.807, 2.05) is 13.8 Å². The van der Waals surface area contributed by atoms with Gasteiger partial charge in [-0.1, -0.05) is 13.8 Å². The maximum atomic E-state index is 10.8. The van der Waals surface area contributed by atoms with Crippen LogP contribution in [-0.2, 0) is 18.4 Å². The molecule has 0 heterocycles. The first-order chi connectivity index (χ1) is 5.78. The van der Waals surface area contributed by atoms with E-state index >= 15 is 0 Å². The topological polar surface area (TPSA) is 52.6 Å². The van der Waals surface area contributed by atoms with Crippen LogP contribution < -0.4 is 0 Å². The van der Waals surface area contributed by atoms with Gasteiger partial charge in [0, 0.05) is 25.9 Å². The van der Waals surface area contributed by atoms with Crippen LogP contribution >= 0.6 is 0 Å². The first kappa shape index (κ1) is 12.2. The van der Waals surface area contributed by atoms with Crippen molar-refractivity contribution in [2.24, 2.45) is 0 Å². The van der Waals surface area contributed by atoms with E-state index in [4.69, 9.17) is 8.85 Å². The summed E-state index contributed by atoms with van der Waals surface area (Å²) in [5.74, 6) is -0.798. The number of carbonyl (C=O) groups excluding carboxylic acids is 2. The molecule has 0 amide bonds. The molecule has 0 fully saturated rings. The molecular formula is C8H16O4Si. The molecule has 0 saturated heterocycles. The van der Waals surface area contributed by atoms with Crippen molar-refractivity contribution in [1.82, 2.24) is 0 Å². The Morgan fingerprint density at radius 1 is 1.08 bits per heavy atom. The second-order valence-corrected chi connectivity index (χ2v) is 6.95.